The van der Waals surface area contributed by atoms with Gasteiger partial charge in [-0.2, -0.15) is 0 Å². The number of rotatable bonds is 8. The van der Waals surface area contributed by atoms with Gasteiger partial charge in [-0.3, -0.25) is 9.78 Å². The van der Waals surface area contributed by atoms with E-state index >= 15 is 0 Å². The number of hydrogen-bond acceptors (Lipinski definition) is 3. The Labute approximate surface area is 138 Å². The topological polar surface area (TPSA) is 51.2 Å². The highest BCUT2D eigenvalue weighted by molar-refractivity contribution is 6.06. The number of fused-ring (bicyclic) bond motifs is 1. The lowest BCUT2D eigenvalue weighted by Gasteiger charge is -2.10. The summed E-state index contributed by atoms with van der Waals surface area (Å²) in [7, 11) is 0. The van der Waals surface area contributed by atoms with Crippen molar-refractivity contribution in [3.8, 4) is 0 Å². The van der Waals surface area contributed by atoms with E-state index in [4.69, 9.17) is 4.74 Å². The highest BCUT2D eigenvalue weighted by atomic mass is 16.5. The summed E-state index contributed by atoms with van der Waals surface area (Å²) in [6, 6.07) is 7.86. The lowest BCUT2D eigenvalue weighted by atomic mass is 10.0. The summed E-state index contributed by atoms with van der Waals surface area (Å²) < 4.78 is 5.51. The fraction of sp³-hybridized carbons (Fsp3) is 0.474. The van der Waals surface area contributed by atoms with Crippen LogP contribution in [0.1, 0.15) is 47.8 Å². The number of benzene rings is 1. The molecule has 1 aromatic heterocycles. The Hall–Kier alpha value is -1.94. The maximum Gasteiger partial charge on any atom is 0.252 e. The van der Waals surface area contributed by atoms with E-state index in [0.717, 1.165) is 48.0 Å². The van der Waals surface area contributed by atoms with Crippen LogP contribution in [0.3, 0.4) is 0 Å². The van der Waals surface area contributed by atoms with Gasteiger partial charge in [0.05, 0.1) is 11.1 Å². The first kappa shape index (κ1) is 17.4. The van der Waals surface area contributed by atoms with Gasteiger partial charge in [-0.05, 0) is 44.9 Å². The van der Waals surface area contributed by atoms with Crippen molar-refractivity contribution in [3.05, 3.63) is 41.1 Å². The minimum Gasteiger partial charge on any atom is -0.381 e. The van der Waals surface area contributed by atoms with Gasteiger partial charge in [0.1, 0.15) is 0 Å². The number of pyridine rings is 1. The van der Waals surface area contributed by atoms with E-state index in [1.165, 1.54) is 0 Å². The highest BCUT2D eigenvalue weighted by Gasteiger charge is 2.11. The molecule has 0 unspecified atom stereocenters. The summed E-state index contributed by atoms with van der Waals surface area (Å²) in [6.07, 6.45) is 3.06. The average Bonchev–Trinajstić information content (AvgIpc) is 2.53. The third-order valence-corrected chi connectivity index (χ3v) is 3.73. The molecule has 0 radical (unpaired) electrons. The Bertz CT molecular complexity index is 668. The molecule has 23 heavy (non-hydrogen) atoms. The van der Waals surface area contributed by atoms with Crippen molar-refractivity contribution in [2.24, 2.45) is 0 Å². The Kier molecular flexibility index (Phi) is 6.53. The number of amides is 1. The molecule has 0 atom stereocenters. The molecule has 4 heteroatoms. The van der Waals surface area contributed by atoms with Crippen LogP contribution < -0.4 is 5.32 Å². The molecule has 2 rings (SSSR count). The molecular formula is C19H26N2O2. The minimum absolute atomic E-state index is 0.0420. The van der Waals surface area contributed by atoms with Crippen LogP contribution in [0, 0.1) is 13.8 Å². The minimum atomic E-state index is -0.0420. The molecule has 0 saturated heterocycles. The number of nitrogens with one attached hydrogen (secondary N) is 1. The van der Waals surface area contributed by atoms with Gasteiger partial charge in [0.15, 0.2) is 0 Å². The van der Waals surface area contributed by atoms with Crippen molar-refractivity contribution < 1.29 is 9.53 Å². The molecule has 0 aliphatic carbocycles. The van der Waals surface area contributed by atoms with Gasteiger partial charge in [-0.15, -0.1) is 0 Å². The Morgan fingerprint density at radius 1 is 1.17 bits per heavy atom. The van der Waals surface area contributed by atoms with Crippen LogP contribution in [0.15, 0.2) is 24.3 Å². The number of aryl methyl sites for hydroxylation is 2. The molecule has 124 valence electrons. The van der Waals surface area contributed by atoms with Gasteiger partial charge < -0.3 is 10.1 Å². The largest absolute Gasteiger partial charge is 0.381 e. The molecule has 0 fully saturated rings. The summed E-state index contributed by atoms with van der Waals surface area (Å²) in [6.45, 7) is 8.20. The van der Waals surface area contributed by atoms with Gasteiger partial charge >= 0.3 is 0 Å². The zero-order valence-electron chi connectivity index (χ0n) is 14.3. The molecule has 1 aromatic carbocycles. The Morgan fingerprint density at radius 3 is 2.74 bits per heavy atom. The number of aromatic nitrogens is 1. The molecular weight excluding hydrogens is 288 g/mol. The van der Waals surface area contributed by atoms with E-state index in [-0.39, 0.29) is 5.91 Å². The van der Waals surface area contributed by atoms with Gasteiger partial charge in [-0.1, -0.05) is 25.0 Å². The maximum absolute atomic E-state index is 12.5. The second-order valence-corrected chi connectivity index (χ2v) is 5.91. The van der Waals surface area contributed by atoms with Crippen LogP contribution in [-0.2, 0) is 4.74 Å². The van der Waals surface area contributed by atoms with E-state index in [0.29, 0.717) is 18.7 Å². The SMILES string of the molecule is CCCCOCCCNC(=O)c1cc(C)nc2ccc(C)cc12. The van der Waals surface area contributed by atoms with Crippen molar-refractivity contribution in [3.63, 3.8) is 0 Å². The lowest BCUT2D eigenvalue weighted by molar-refractivity contribution is 0.0942. The normalized spacial score (nSPS) is 10.9. The first-order valence-electron chi connectivity index (χ1n) is 8.35. The zero-order chi connectivity index (χ0) is 16.7. The zero-order valence-corrected chi connectivity index (χ0v) is 14.3. The van der Waals surface area contributed by atoms with E-state index in [2.05, 4.69) is 17.2 Å². The summed E-state index contributed by atoms with van der Waals surface area (Å²) in [5.41, 5.74) is 3.54. The van der Waals surface area contributed by atoms with Crippen LogP contribution in [-0.4, -0.2) is 30.6 Å². The number of ether oxygens (including phenoxy) is 1. The number of hydrogen-bond donors (Lipinski definition) is 1. The Morgan fingerprint density at radius 2 is 1.96 bits per heavy atom. The number of carbonyl (C=O) groups excluding carboxylic acids is 1. The summed E-state index contributed by atoms with van der Waals surface area (Å²) in [5.74, 6) is -0.0420. The number of unbranched alkanes of at least 4 members (excludes halogenated alkanes) is 1. The van der Waals surface area contributed by atoms with Crippen LogP contribution in [0.2, 0.25) is 0 Å². The standard InChI is InChI=1S/C19H26N2O2/c1-4-5-10-23-11-6-9-20-19(22)17-13-15(3)21-18-8-7-14(2)12-16(17)18/h7-8,12-13H,4-6,9-11H2,1-3H3,(H,20,22). The number of carbonyl (C=O) groups is 1. The highest BCUT2D eigenvalue weighted by Crippen LogP contribution is 2.20. The second-order valence-electron chi connectivity index (χ2n) is 5.91. The fourth-order valence-electron chi connectivity index (χ4n) is 2.48. The van der Waals surface area contributed by atoms with Crippen molar-refractivity contribution in [1.82, 2.24) is 10.3 Å². The fourth-order valence-corrected chi connectivity index (χ4v) is 2.48. The van der Waals surface area contributed by atoms with Gasteiger partial charge in [0.25, 0.3) is 5.91 Å². The third-order valence-electron chi connectivity index (χ3n) is 3.73. The van der Waals surface area contributed by atoms with Crippen molar-refractivity contribution in [1.29, 1.82) is 0 Å². The van der Waals surface area contributed by atoms with Crippen molar-refractivity contribution in [2.45, 2.75) is 40.0 Å². The monoisotopic (exact) mass is 314 g/mol. The van der Waals surface area contributed by atoms with Crippen LogP contribution in [0.5, 0.6) is 0 Å². The average molecular weight is 314 g/mol. The third kappa shape index (κ3) is 5.03. The summed E-state index contributed by atoms with van der Waals surface area (Å²) >= 11 is 0. The molecule has 0 bridgehead atoms. The van der Waals surface area contributed by atoms with Gasteiger partial charge in [0.2, 0.25) is 0 Å². The number of nitrogens with zero attached hydrogens (tertiary/aromatic N) is 1. The molecule has 4 nitrogen and oxygen atoms in total. The van der Waals surface area contributed by atoms with Crippen LogP contribution in [0.4, 0.5) is 0 Å². The predicted molar refractivity (Wildman–Crippen MR) is 93.9 cm³/mol. The van der Waals surface area contributed by atoms with Crippen LogP contribution in [0.25, 0.3) is 10.9 Å². The van der Waals surface area contributed by atoms with Crippen LogP contribution >= 0.6 is 0 Å². The van der Waals surface area contributed by atoms with E-state index < -0.39 is 0 Å². The van der Waals surface area contributed by atoms with Gasteiger partial charge in [-0.25, -0.2) is 0 Å². The molecule has 1 amide bonds. The molecule has 0 aliphatic heterocycles. The molecule has 2 aromatic rings. The molecule has 1 N–H and O–H groups in total. The first-order valence-corrected chi connectivity index (χ1v) is 8.35. The summed E-state index contributed by atoms with van der Waals surface area (Å²) in [4.78, 5) is 17.0. The van der Waals surface area contributed by atoms with Crippen molar-refractivity contribution >= 4 is 16.8 Å². The molecule has 1 heterocycles. The second kappa shape index (κ2) is 8.63. The molecule has 0 aliphatic rings. The van der Waals surface area contributed by atoms with E-state index in [1.807, 2.05) is 38.1 Å². The lowest BCUT2D eigenvalue weighted by Crippen LogP contribution is -2.25. The predicted octanol–water partition coefficient (Wildman–Crippen LogP) is 3.79. The Balaban J connectivity index is 1.96. The first-order chi connectivity index (χ1) is 11.1. The summed E-state index contributed by atoms with van der Waals surface area (Å²) in [5, 5.41) is 3.89. The van der Waals surface area contributed by atoms with E-state index in [9.17, 15) is 4.79 Å². The van der Waals surface area contributed by atoms with E-state index in [1.54, 1.807) is 0 Å². The quantitative estimate of drug-likeness (QED) is 0.754. The molecule has 0 saturated carbocycles. The molecule has 0 spiro atoms. The van der Waals surface area contributed by atoms with Gasteiger partial charge in [0, 0.05) is 30.8 Å². The van der Waals surface area contributed by atoms with Crippen molar-refractivity contribution in [2.75, 3.05) is 19.8 Å². The smallest absolute Gasteiger partial charge is 0.252 e. The maximum atomic E-state index is 12.5.